The lowest BCUT2D eigenvalue weighted by atomic mass is 9.95. The lowest BCUT2D eigenvalue weighted by Gasteiger charge is -2.33. The second-order valence-electron chi connectivity index (χ2n) is 5.83. The molecule has 1 atom stereocenters. The molecule has 2 nitrogen and oxygen atoms in total. The maximum absolute atomic E-state index is 3.61. The minimum absolute atomic E-state index is 0.398. The SMILES string of the molecule is CN(C)CC1CCCN1CC(C)(C)CBr. The van der Waals surface area contributed by atoms with Crippen LogP contribution in [0.5, 0.6) is 0 Å². The van der Waals surface area contributed by atoms with Gasteiger partial charge < -0.3 is 4.90 Å². The van der Waals surface area contributed by atoms with E-state index in [2.05, 4.69) is 53.7 Å². The smallest absolute Gasteiger partial charge is 0.0223 e. The van der Waals surface area contributed by atoms with Gasteiger partial charge in [-0.05, 0) is 38.9 Å². The maximum atomic E-state index is 3.61. The molecule has 0 spiro atoms. The van der Waals surface area contributed by atoms with E-state index in [9.17, 15) is 0 Å². The van der Waals surface area contributed by atoms with Crippen LogP contribution in [0.4, 0.5) is 0 Å². The Morgan fingerprint density at radius 2 is 2.07 bits per heavy atom. The monoisotopic (exact) mass is 276 g/mol. The highest BCUT2D eigenvalue weighted by Gasteiger charge is 2.29. The van der Waals surface area contributed by atoms with Gasteiger partial charge in [0.15, 0.2) is 0 Å². The molecule has 1 unspecified atom stereocenters. The Bertz CT molecular complexity index is 192. The Labute approximate surface area is 103 Å². The van der Waals surface area contributed by atoms with Crippen LogP contribution in [0, 0.1) is 5.41 Å². The molecular weight excluding hydrogens is 252 g/mol. The van der Waals surface area contributed by atoms with Crippen molar-refractivity contribution in [3.8, 4) is 0 Å². The van der Waals surface area contributed by atoms with Gasteiger partial charge in [0, 0.05) is 24.5 Å². The summed E-state index contributed by atoms with van der Waals surface area (Å²) in [5.41, 5.74) is 0.398. The van der Waals surface area contributed by atoms with Crippen LogP contribution in [-0.4, -0.2) is 54.9 Å². The Morgan fingerprint density at radius 1 is 1.40 bits per heavy atom. The van der Waals surface area contributed by atoms with Crippen LogP contribution < -0.4 is 0 Å². The maximum Gasteiger partial charge on any atom is 0.0223 e. The summed E-state index contributed by atoms with van der Waals surface area (Å²) in [4.78, 5) is 4.98. The summed E-state index contributed by atoms with van der Waals surface area (Å²) >= 11 is 3.61. The van der Waals surface area contributed by atoms with Gasteiger partial charge in [0.2, 0.25) is 0 Å². The summed E-state index contributed by atoms with van der Waals surface area (Å²) in [5, 5.41) is 1.09. The van der Waals surface area contributed by atoms with Crippen molar-refractivity contribution in [3.63, 3.8) is 0 Å². The van der Waals surface area contributed by atoms with Crippen molar-refractivity contribution in [2.24, 2.45) is 5.41 Å². The Balaban J connectivity index is 2.46. The van der Waals surface area contributed by atoms with E-state index < -0.39 is 0 Å². The van der Waals surface area contributed by atoms with E-state index in [1.54, 1.807) is 0 Å². The van der Waals surface area contributed by atoms with Gasteiger partial charge in [-0.25, -0.2) is 0 Å². The van der Waals surface area contributed by atoms with Crippen molar-refractivity contribution in [1.82, 2.24) is 9.80 Å². The quantitative estimate of drug-likeness (QED) is 0.712. The predicted molar refractivity (Wildman–Crippen MR) is 70.7 cm³/mol. The van der Waals surface area contributed by atoms with E-state index in [1.807, 2.05) is 0 Å². The van der Waals surface area contributed by atoms with E-state index in [0.717, 1.165) is 11.4 Å². The summed E-state index contributed by atoms with van der Waals surface area (Å²) in [6.07, 6.45) is 2.74. The first-order chi connectivity index (χ1) is 6.94. The lowest BCUT2D eigenvalue weighted by molar-refractivity contribution is 0.157. The molecule has 1 aliphatic rings. The van der Waals surface area contributed by atoms with Crippen molar-refractivity contribution >= 4 is 15.9 Å². The molecule has 3 heteroatoms. The fourth-order valence-corrected chi connectivity index (χ4v) is 2.50. The van der Waals surface area contributed by atoms with Gasteiger partial charge >= 0.3 is 0 Å². The topological polar surface area (TPSA) is 6.48 Å². The average Bonchev–Trinajstić information content (AvgIpc) is 2.51. The lowest BCUT2D eigenvalue weighted by Crippen LogP contribution is -2.42. The molecular formula is C12H25BrN2. The van der Waals surface area contributed by atoms with Crippen LogP contribution in [-0.2, 0) is 0 Å². The molecule has 0 bridgehead atoms. The summed E-state index contributed by atoms with van der Waals surface area (Å²) in [6, 6.07) is 0.776. The van der Waals surface area contributed by atoms with E-state index in [4.69, 9.17) is 0 Å². The number of likely N-dealkylation sites (tertiary alicyclic amines) is 1. The number of hydrogen-bond donors (Lipinski definition) is 0. The highest BCUT2D eigenvalue weighted by atomic mass is 79.9. The summed E-state index contributed by atoms with van der Waals surface area (Å²) < 4.78 is 0. The number of nitrogens with zero attached hydrogens (tertiary/aromatic N) is 2. The number of alkyl halides is 1. The summed E-state index contributed by atoms with van der Waals surface area (Å²) in [5.74, 6) is 0. The molecule has 15 heavy (non-hydrogen) atoms. The number of hydrogen-bond acceptors (Lipinski definition) is 2. The molecule has 1 rings (SSSR count). The largest absolute Gasteiger partial charge is 0.308 e. The third-order valence-electron chi connectivity index (χ3n) is 3.07. The Kier molecular flexibility index (Phi) is 5.07. The van der Waals surface area contributed by atoms with Gasteiger partial charge in [0.25, 0.3) is 0 Å². The van der Waals surface area contributed by atoms with E-state index >= 15 is 0 Å². The normalized spacial score (nSPS) is 24.0. The zero-order chi connectivity index (χ0) is 11.5. The molecule has 1 fully saturated rings. The van der Waals surface area contributed by atoms with Crippen LogP contribution in [0.15, 0.2) is 0 Å². The third kappa shape index (κ3) is 4.41. The van der Waals surface area contributed by atoms with Gasteiger partial charge in [0.1, 0.15) is 0 Å². The van der Waals surface area contributed by atoms with E-state index in [1.165, 1.54) is 32.5 Å². The van der Waals surface area contributed by atoms with Gasteiger partial charge in [-0.3, -0.25) is 4.90 Å². The molecule has 0 N–H and O–H groups in total. The van der Waals surface area contributed by atoms with Crippen LogP contribution in [0.3, 0.4) is 0 Å². The average molecular weight is 277 g/mol. The second-order valence-corrected chi connectivity index (χ2v) is 6.39. The van der Waals surface area contributed by atoms with Crippen molar-refractivity contribution in [1.29, 1.82) is 0 Å². The molecule has 0 saturated carbocycles. The van der Waals surface area contributed by atoms with Crippen molar-refractivity contribution in [3.05, 3.63) is 0 Å². The Morgan fingerprint density at radius 3 is 2.60 bits per heavy atom. The van der Waals surface area contributed by atoms with Gasteiger partial charge in [-0.15, -0.1) is 0 Å². The van der Waals surface area contributed by atoms with Crippen LogP contribution in [0.1, 0.15) is 26.7 Å². The minimum atomic E-state index is 0.398. The van der Waals surface area contributed by atoms with E-state index in [0.29, 0.717) is 5.41 Å². The summed E-state index contributed by atoms with van der Waals surface area (Å²) in [6.45, 7) is 8.39. The van der Waals surface area contributed by atoms with Gasteiger partial charge in [-0.2, -0.15) is 0 Å². The van der Waals surface area contributed by atoms with Crippen molar-refractivity contribution in [2.45, 2.75) is 32.7 Å². The zero-order valence-corrected chi connectivity index (χ0v) is 12.2. The van der Waals surface area contributed by atoms with Crippen LogP contribution in [0.25, 0.3) is 0 Å². The summed E-state index contributed by atoms with van der Waals surface area (Å²) in [7, 11) is 4.35. The Hall–Kier alpha value is 0.400. The van der Waals surface area contributed by atoms with Crippen LogP contribution >= 0.6 is 15.9 Å². The fourth-order valence-electron chi connectivity index (χ4n) is 2.32. The minimum Gasteiger partial charge on any atom is -0.308 e. The third-order valence-corrected chi connectivity index (χ3v) is 4.59. The molecule has 0 aromatic carbocycles. The molecule has 1 aliphatic heterocycles. The molecule has 0 aromatic heterocycles. The van der Waals surface area contributed by atoms with Crippen molar-refractivity contribution in [2.75, 3.05) is 39.1 Å². The fraction of sp³-hybridized carbons (Fsp3) is 1.00. The molecule has 0 aliphatic carbocycles. The first-order valence-electron chi connectivity index (χ1n) is 5.89. The predicted octanol–water partition coefficient (Wildman–Crippen LogP) is 2.43. The number of halogens is 1. The molecule has 0 radical (unpaired) electrons. The van der Waals surface area contributed by atoms with E-state index in [-0.39, 0.29) is 0 Å². The first-order valence-corrected chi connectivity index (χ1v) is 7.01. The van der Waals surface area contributed by atoms with Crippen molar-refractivity contribution < 1.29 is 0 Å². The van der Waals surface area contributed by atoms with Crippen LogP contribution in [0.2, 0.25) is 0 Å². The second kappa shape index (κ2) is 5.65. The number of rotatable bonds is 5. The van der Waals surface area contributed by atoms with Gasteiger partial charge in [-0.1, -0.05) is 29.8 Å². The standard InChI is InChI=1S/C12H25BrN2/c1-12(2,9-13)10-15-7-5-6-11(15)8-14(3)4/h11H,5-10H2,1-4H3. The molecule has 0 amide bonds. The number of likely N-dealkylation sites (N-methyl/N-ethyl adjacent to an activating group) is 1. The molecule has 0 aromatic rings. The molecule has 1 saturated heterocycles. The zero-order valence-electron chi connectivity index (χ0n) is 10.6. The first kappa shape index (κ1) is 13.5. The highest BCUT2D eigenvalue weighted by molar-refractivity contribution is 9.09. The highest BCUT2D eigenvalue weighted by Crippen LogP contribution is 2.25. The van der Waals surface area contributed by atoms with Gasteiger partial charge in [0.05, 0.1) is 0 Å². The molecule has 90 valence electrons. The molecule has 1 heterocycles.